The summed E-state index contributed by atoms with van der Waals surface area (Å²) in [5, 5.41) is 0.165. The molecule has 0 amide bonds. The molecule has 0 aliphatic rings. The Labute approximate surface area is 193 Å². The third kappa shape index (κ3) is 5.31. The van der Waals surface area contributed by atoms with Crippen LogP contribution in [0.1, 0.15) is 47.8 Å². The minimum Gasteiger partial charge on any atom is -0.543 e. The second kappa shape index (κ2) is 9.33. The van der Waals surface area contributed by atoms with Crippen LogP contribution in [0.5, 0.6) is 11.5 Å². The summed E-state index contributed by atoms with van der Waals surface area (Å²) in [5.41, 5.74) is 6.61. The average Bonchev–Trinajstić information content (AvgIpc) is 2.73. The van der Waals surface area contributed by atoms with Crippen LogP contribution in [0.15, 0.2) is 60.7 Å². The van der Waals surface area contributed by atoms with Crippen LogP contribution in [0.25, 0.3) is 11.1 Å². The number of hydrogen-bond acceptors (Lipinski definition) is 3. The Morgan fingerprint density at radius 1 is 0.875 bits per heavy atom. The molecular formula is C28H34O3Si. The first kappa shape index (κ1) is 23.8. The van der Waals surface area contributed by atoms with Crippen LogP contribution in [0.3, 0.4) is 0 Å². The van der Waals surface area contributed by atoms with Gasteiger partial charge in [-0.1, -0.05) is 45.0 Å². The molecule has 0 aromatic heterocycles. The number of hydrogen-bond donors (Lipinski definition) is 0. The second-order valence-corrected chi connectivity index (χ2v) is 14.6. The third-order valence-corrected chi connectivity index (χ3v) is 10.9. The maximum absolute atomic E-state index is 10.8. The zero-order valence-electron chi connectivity index (χ0n) is 20.3. The minimum atomic E-state index is -1.87. The van der Waals surface area contributed by atoms with E-state index in [-0.39, 0.29) is 5.04 Å². The average molecular weight is 447 g/mol. The molecule has 3 nitrogen and oxygen atoms in total. The van der Waals surface area contributed by atoms with Gasteiger partial charge in [0.1, 0.15) is 24.4 Å². The predicted molar refractivity (Wildman–Crippen MR) is 135 cm³/mol. The molecule has 0 fully saturated rings. The Bertz CT molecular complexity index is 1090. The number of aldehydes is 1. The Balaban J connectivity index is 1.81. The standard InChI is InChI=1S/C28H34O3Si/c1-20-17-25(31-32(6,7)28(3,4)5)15-16-26(20)27-10-8-9-23(21(27)2)19-30-24-13-11-22(18-29)12-14-24/h8-18H,19H2,1-7H3. The predicted octanol–water partition coefficient (Wildman–Crippen LogP) is 7.75. The van der Waals surface area contributed by atoms with Crippen LogP contribution in [0.2, 0.25) is 18.1 Å². The van der Waals surface area contributed by atoms with Gasteiger partial charge in [-0.15, -0.1) is 0 Å². The number of carbonyl (C=O) groups excluding carboxylic acids is 1. The Morgan fingerprint density at radius 2 is 1.53 bits per heavy atom. The normalized spacial score (nSPS) is 11.8. The maximum Gasteiger partial charge on any atom is 0.250 e. The molecule has 3 rings (SSSR count). The maximum atomic E-state index is 10.8. The molecule has 0 aliphatic carbocycles. The second-order valence-electron chi connectivity index (χ2n) is 9.90. The fourth-order valence-electron chi connectivity index (χ4n) is 3.38. The molecule has 0 N–H and O–H groups in total. The Hall–Kier alpha value is -2.85. The number of aryl methyl sites for hydroxylation is 1. The number of benzene rings is 3. The van der Waals surface area contributed by atoms with E-state index >= 15 is 0 Å². The lowest BCUT2D eigenvalue weighted by atomic mass is 9.94. The lowest BCUT2D eigenvalue weighted by Crippen LogP contribution is -2.43. The van der Waals surface area contributed by atoms with Gasteiger partial charge in [-0.2, -0.15) is 0 Å². The molecule has 0 saturated carbocycles. The molecule has 32 heavy (non-hydrogen) atoms. The summed E-state index contributed by atoms with van der Waals surface area (Å²) in [6, 6.07) is 20.0. The molecule has 0 saturated heterocycles. The molecule has 4 heteroatoms. The quantitative estimate of drug-likeness (QED) is 0.275. The number of carbonyl (C=O) groups is 1. The van der Waals surface area contributed by atoms with E-state index < -0.39 is 8.32 Å². The first-order chi connectivity index (χ1) is 15.0. The van der Waals surface area contributed by atoms with Crippen molar-refractivity contribution in [3.05, 3.63) is 82.9 Å². The van der Waals surface area contributed by atoms with Crippen LogP contribution >= 0.6 is 0 Å². The van der Waals surface area contributed by atoms with Gasteiger partial charge in [0.2, 0.25) is 8.32 Å². The van der Waals surface area contributed by atoms with Crippen molar-refractivity contribution >= 4 is 14.6 Å². The largest absolute Gasteiger partial charge is 0.543 e. The highest BCUT2D eigenvalue weighted by atomic mass is 28.4. The smallest absolute Gasteiger partial charge is 0.250 e. The van der Waals surface area contributed by atoms with Crippen LogP contribution in [0, 0.1) is 13.8 Å². The summed E-state index contributed by atoms with van der Waals surface area (Å²) in [6.45, 7) is 16.1. The van der Waals surface area contributed by atoms with Gasteiger partial charge in [-0.05, 0) is 96.2 Å². The van der Waals surface area contributed by atoms with Crippen molar-refractivity contribution in [2.75, 3.05) is 0 Å². The SMILES string of the molecule is Cc1cc(O[Si](C)(C)C(C)(C)C)ccc1-c1cccc(COc2ccc(C=O)cc2)c1C. The zero-order valence-corrected chi connectivity index (χ0v) is 21.3. The highest BCUT2D eigenvalue weighted by Gasteiger charge is 2.39. The third-order valence-electron chi connectivity index (χ3n) is 6.52. The summed E-state index contributed by atoms with van der Waals surface area (Å²) in [6.07, 6.45) is 0.836. The fourth-order valence-corrected chi connectivity index (χ4v) is 4.41. The zero-order chi connectivity index (χ0) is 23.5. The molecule has 3 aromatic rings. The summed E-state index contributed by atoms with van der Waals surface area (Å²) in [5.74, 6) is 1.71. The van der Waals surface area contributed by atoms with Gasteiger partial charge in [0, 0.05) is 5.56 Å². The van der Waals surface area contributed by atoms with Crippen LogP contribution in [0.4, 0.5) is 0 Å². The van der Waals surface area contributed by atoms with E-state index in [9.17, 15) is 4.79 Å². The van der Waals surface area contributed by atoms with E-state index in [0.717, 1.165) is 23.3 Å². The van der Waals surface area contributed by atoms with E-state index in [1.54, 1.807) is 12.1 Å². The summed E-state index contributed by atoms with van der Waals surface area (Å²) < 4.78 is 12.5. The van der Waals surface area contributed by atoms with Crippen molar-refractivity contribution in [3.63, 3.8) is 0 Å². The molecule has 0 unspecified atom stereocenters. The van der Waals surface area contributed by atoms with E-state index in [1.807, 2.05) is 12.1 Å². The van der Waals surface area contributed by atoms with E-state index in [4.69, 9.17) is 9.16 Å². The molecule has 0 aliphatic heterocycles. The lowest BCUT2D eigenvalue weighted by Gasteiger charge is -2.36. The molecule has 168 valence electrons. The van der Waals surface area contributed by atoms with E-state index in [0.29, 0.717) is 12.2 Å². The molecule has 0 atom stereocenters. The van der Waals surface area contributed by atoms with Crippen molar-refractivity contribution in [3.8, 4) is 22.6 Å². The number of rotatable bonds is 7. The van der Waals surface area contributed by atoms with Gasteiger partial charge in [-0.3, -0.25) is 4.79 Å². The summed E-state index contributed by atoms with van der Waals surface area (Å²) >= 11 is 0. The number of ether oxygens (including phenoxy) is 1. The van der Waals surface area contributed by atoms with Gasteiger partial charge in [-0.25, -0.2) is 0 Å². The molecule has 3 aromatic carbocycles. The van der Waals surface area contributed by atoms with Crippen molar-refractivity contribution in [2.24, 2.45) is 0 Å². The Morgan fingerprint density at radius 3 is 2.12 bits per heavy atom. The molecule has 0 spiro atoms. The minimum absolute atomic E-state index is 0.165. The molecule has 0 radical (unpaired) electrons. The molecular weight excluding hydrogens is 412 g/mol. The van der Waals surface area contributed by atoms with E-state index in [2.05, 4.69) is 84.1 Å². The van der Waals surface area contributed by atoms with Gasteiger partial charge in [0.15, 0.2) is 0 Å². The Kier molecular flexibility index (Phi) is 6.94. The van der Waals surface area contributed by atoms with Crippen LogP contribution < -0.4 is 9.16 Å². The highest BCUT2D eigenvalue weighted by molar-refractivity contribution is 6.74. The monoisotopic (exact) mass is 446 g/mol. The van der Waals surface area contributed by atoms with Gasteiger partial charge in [0.05, 0.1) is 0 Å². The fraction of sp³-hybridized carbons (Fsp3) is 0.321. The van der Waals surface area contributed by atoms with Gasteiger partial charge < -0.3 is 9.16 Å². The van der Waals surface area contributed by atoms with Crippen molar-refractivity contribution in [2.45, 2.75) is 59.4 Å². The first-order valence-electron chi connectivity index (χ1n) is 11.1. The van der Waals surface area contributed by atoms with Crippen molar-refractivity contribution in [1.82, 2.24) is 0 Å². The van der Waals surface area contributed by atoms with Crippen LogP contribution in [-0.2, 0) is 6.61 Å². The highest BCUT2D eigenvalue weighted by Crippen LogP contribution is 2.38. The van der Waals surface area contributed by atoms with Gasteiger partial charge >= 0.3 is 0 Å². The van der Waals surface area contributed by atoms with Crippen molar-refractivity contribution in [1.29, 1.82) is 0 Å². The van der Waals surface area contributed by atoms with Crippen molar-refractivity contribution < 1.29 is 14.0 Å². The lowest BCUT2D eigenvalue weighted by molar-refractivity contribution is 0.112. The summed E-state index contributed by atoms with van der Waals surface area (Å²) in [7, 11) is -1.87. The first-order valence-corrected chi connectivity index (χ1v) is 14.0. The summed E-state index contributed by atoms with van der Waals surface area (Å²) in [4.78, 5) is 10.8. The molecule has 0 bridgehead atoms. The van der Waals surface area contributed by atoms with Gasteiger partial charge in [0.25, 0.3) is 0 Å². The van der Waals surface area contributed by atoms with Crippen LogP contribution in [-0.4, -0.2) is 14.6 Å². The van der Waals surface area contributed by atoms with E-state index in [1.165, 1.54) is 22.3 Å². The molecule has 0 heterocycles. The topological polar surface area (TPSA) is 35.5 Å².